The molecule has 4 atom stereocenters. The van der Waals surface area contributed by atoms with Gasteiger partial charge in [0.15, 0.2) is 17.9 Å². The Balaban J connectivity index is 0.000000180. The van der Waals surface area contributed by atoms with Crippen LogP contribution in [0.5, 0.6) is 5.75 Å². The Kier molecular flexibility index (Phi) is 15.0. The van der Waals surface area contributed by atoms with E-state index in [1.165, 1.54) is 0 Å². The number of anilines is 2. The smallest absolute Gasteiger partial charge is 0.407 e. The second kappa shape index (κ2) is 21.6. The van der Waals surface area contributed by atoms with Gasteiger partial charge in [-0.15, -0.1) is 0 Å². The highest BCUT2D eigenvalue weighted by Gasteiger charge is 2.27. The number of nitrogens with one attached hydrogen (secondary N) is 2. The van der Waals surface area contributed by atoms with Crippen molar-refractivity contribution in [3.05, 3.63) is 71.4 Å². The van der Waals surface area contributed by atoms with Crippen LogP contribution in [0.2, 0.25) is 0 Å². The van der Waals surface area contributed by atoms with Gasteiger partial charge in [0.1, 0.15) is 39.9 Å². The molecule has 0 aromatic carbocycles. The van der Waals surface area contributed by atoms with E-state index in [2.05, 4.69) is 49.1 Å². The maximum Gasteiger partial charge on any atom is 0.407 e. The minimum absolute atomic E-state index is 0.0175. The number of morpholine rings is 2. The lowest BCUT2D eigenvalue weighted by Gasteiger charge is -2.34. The van der Waals surface area contributed by atoms with Crippen molar-refractivity contribution in [3.63, 3.8) is 0 Å². The molecule has 368 valence electrons. The number of aromatic amines is 1. The van der Waals surface area contributed by atoms with Gasteiger partial charge in [-0.1, -0.05) is 0 Å². The molecule has 1 amide bonds. The summed E-state index contributed by atoms with van der Waals surface area (Å²) < 4.78 is 38.6. The molecule has 19 nitrogen and oxygen atoms in total. The summed E-state index contributed by atoms with van der Waals surface area (Å²) >= 11 is 0. The van der Waals surface area contributed by atoms with Gasteiger partial charge in [-0.2, -0.15) is 10.2 Å². The summed E-state index contributed by atoms with van der Waals surface area (Å²) in [5.41, 5.74) is 4.10. The molecule has 0 bridgehead atoms. The molecule has 0 saturated carbocycles. The molecule has 4 aliphatic rings. The number of hydrogen-bond donors (Lipinski definition) is 2. The Morgan fingerprint density at radius 1 is 0.783 bits per heavy atom. The quantitative estimate of drug-likeness (QED) is 0.122. The molecule has 0 spiro atoms. The van der Waals surface area contributed by atoms with E-state index >= 15 is 0 Å². The molecule has 10 heterocycles. The SMILES string of the molecule is C[C@@H]1COCCN1c1cc(=O)c2ccnc(-c3ccnn3C3CCCCO3)c2[nH]1.C[C@@H]1COCCN1c1cc(OCCCNC(=O)OC(C)(C)C)c2ccnc(-c3ccnn3C3CCCCO3)c2n1. The predicted octanol–water partition coefficient (Wildman–Crippen LogP) is 7.42. The van der Waals surface area contributed by atoms with Gasteiger partial charge in [-0.3, -0.25) is 14.8 Å². The second-order valence-electron chi connectivity index (χ2n) is 19.0. The molecule has 4 aliphatic heterocycles. The van der Waals surface area contributed by atoms with E-state index in [9.17, 15) is 9.59 Å². The van der Waals surface area contributed by atoms with Crippen LogP contribution < -0.4 is 25.3 Å². The molecule has 4 saturated heterocycles. The fourth-order valence-electron chi connectivity index (χ4n) is 9.28. The van der Waals surface area contributed by atoms with E-state index in [4.69, 9.17) is 38.4 Å². The van der Waals surface area contributed by atoms with Crippen LogP contribution in [-0.2, 0) is 23.7 Å². The number of alkyl carbamates (subject to hydrolysis) is 1. The van der Waals surface area contributed by atoms with E-state index in [1.54, 1.807) is 36.9 Å². The number of H-pyrrole nitrogens is 1. The van der Waals surface area contributed by atoms with Crippen molar-refractivity contribution in [2.24, 2.45) is 0 Å². The van der Waals surface area contributed by atoms with Crippen LogP contribution >= 0.6 is 0 Å². The first-order chi connectivity index (χ1) is 33.5. The van der Waals surface area contributed by atoms with E-state index in [0.717, 1.165) is 116 Å². The van der Waals surface area contributed by atoms with Crippen molar-refractivity contribution < 1.29 is 33.2 Å². The Hall–Kier alpha value is -6.15. The van der Waals surface area contributed by atoms with Gasteiger partial charge >= 0.3 is 6.09 Å². The number of aromatic nitrogens is 8. The van der Waals surface area contributed by atoms with Crippen molar-refractivity contribution in [3.8, 4) is 28.5 Å². The summed E-state index contributed by atoms with van der Waals surface area (Å²) in [5.74, 6) is 2.34. The number of fused-ring (bicyclic) bond motifs is 2. The topological polar surface area (TPSA) is 198 Å². The molecular formula is C50H65N11O8. The molecule has 19 heteroatoms. The lowest BCUT2D eigenvalue weighted by molar-refractivity contribution is -0.0384. The fraction of sp³-hybridized carbons (Fsp3) is 0.540. The van der Waals surface area contributed by atoms with Gasteiger partial charge in [0.2, 0.25) is 0 Å². The van der Waals surface area contributed by atoms with Gasteiger partial charge in [0.05, 0.1) is 62.0 Å². The van der Waals surface area contributed by atoms with Crippen LogP contribution in [-0.4, -0.2) is 129 Å². The third kappa shape index (κ3) is 11.2. The lowest BCUT2D eigenvalue weighted by atomic mass is 10.1. The number of nitrogens with zero attached hydrogens (tertiary/aromatic N) is 9. The molecule has 10 rings (SSSR count). The Morgan fingerprint density at radius 3 is 2.03 bits per heavy atom. The number of pyridine rings is 4. The van der Waals surface area contributed by atoms with Crippen molar-refractivity contribution >= 4 is 39.5 Å². The maximum atomic E-state index is 12.9. The van der Waals surface area contributed by atoms with Gasteiger partial charge < -0.3 is 48.5 Å². The van der Waals surface area contributed by atoms with Gasteiger partial charge in [0, 0.05) is 80.5 Å². The van der Waals surface area contributed by atoms with Crippen LogP contribution in [0.4, 0.5) is 16.4 Å². The Morgan fingerprint density at radius 2 is 1.41 bits per heavy atom. The molecule has 69 heavy (non-hydrogen) atoms. The predicted molar refractivity (Wildman–Crippen MR) is 262 cm³/mol. The largest absolute Gasteiger partial charge is 0.493 e. The number of carbonyl (C=O) groups excluding carboxylic acids is 1. The molecule has 2 unspecified atom stereocenters. The molecule has 6 aromatic heterocycles. The van der Waals surface area contributed by atoms with Crippen molar-refractivity contribution in [2.45, 2.75) is 110 Å². The summed E-state index contributed by atoms with van der Waals surface area (Å²) in [7, 11) is 0. The highest BCUT2D eigenvalue weighted by Crippen LogP contribution is 2.37. The van der Waals surface area contributed by atoms with Crippen molar-refractivity contribution in [1.82, 2.24) is 44.8 Å². The van der Waals surface area contributed by atoms with E-state index < -0.39 is 11.7 Å². The number of amides is 1. The van der Waals surface area contributed by atoms with Crippen LogP contribution in [0.15, 0.2) is 66.0 Å². The van der Waals surface area contributed by atoms with E-state index in [1.807, 2.05) is 54.4 Å². The number of rotatable bonds is 11. The summed E-state index contributed by atoms with van der Waals surface area (Å²) in [6, 6.07) is 11.6. The van der Waals surface area contributed by atoms with Crippen molar-refractivity contribution in [1.29, 1.82) is 0 Å². The zero-order valence-corrected chi connectivity index (χ0v) is 40.4. The van der Waals surface area contributed by atoms with Crippen LogP contribution in [0.1, 0.15) is 92.0 Å². The first kappa shape index (κ1) is 47.9. The molecule has 0 aliphatic carbocycles. The normalized spacial score (nSPS) is 21.2. The maximum absolute atomic E-state index is 12.9. The minimum Gasteiger partial charge on any atom is -0.493 e. The molecule has 6 aromatic rings. The number of ether oxygens (including phenoxy) is 6. The van der Waals surface area contributed by atoms with Gasteiger partial charge in [-0.05, 0) is 104 Å². The molecule has 4 fully saturated rings. The second-order valence-corrected chi connectivity index (χ2v) is 19.0. The van der Waals surface area contributed by atoms with Gasteiger partial charge in [-0.25, -0.2) is 19.1 Å². The Labute approximate surface area is 401 Å². The van der Waals surface area contributed by atoms with Crippen LogP contribution in [0.3, 0.4) is 0 Å². The third-order valence-electron chi connectivity index (χ3n) is 12.7. The van der Waals surface area contributed by atoms with Crippen LogP contribution in [0.25, 0.3) is 44.6 Å². The molecule has 0 radical (unpaired) electrons. The first-order valence-electron chi connectivity index (χ1n) is 24.4. The number of hydrogen-bond acceptors (Lipinski definition) is 15. The fourth-order valence-corrected chi connectivity index (χ4v) is 9.28. The van der Waals surface area contributed by atoms with E-state index in [0.29, 0.717) is 57.1 Å². The average molecular weight is 948 g/mol. The Bertz CT molecular complexity index is 2740. The lowest BCUT2D eigenvalue weighted by Crippen LogP contribution is -2.44. The zero-order chi connectivity index (χ0) is 47.9. The standard InChI is InChI=1S/C29H40N6O5.C21H25N5O3/c1-20-19-37-17-14-34(20)24-18-23(38-16-7-11-31-28(36)40-29(2,3)4)21-9-12-30-27(26(21)33-24)22-10-13-32-35(22)25-8-5-6-15-39-25;1-14-13-28-11-9-25(14)18-12-17(27)15-5-7-22-21(20(15)24-18)16-6-8-23-26(16)19-4-2-3-10-29-19/h9-10,12-13,18,20,25H,5-8,11,14-17,19H2,1-4H3,(H,31,36);5-8,12,14,19H,2-4,9-11,13H2,1H3,(H,24,27)/t20-,25?;14-,19?/m11/s1. The summed E-state index contributed by atoms with van der Waals surface area (Å²) in [4.78, 5) is 47.3. The summed E-state index contributed by atoms with van der Waals surface area (Å²) in [6.07, 6.45) is 13.2. The van der Waals surface area contributed by atoms with Gasteiger partial charge in [0.25, 0.3) is 0 Å². The number of carbonyl (C=O) groups is 1. The van der Waals surface area contributed by atoms with E-state index in [-0.39, 0.29) is 30.0 Å². The van der Waals surface area contributed by atoms with Crippen molar-refractivity contribution in [2.75, 3.05) is 75.7 Å². The molecule has 2 N–H and O–H groups in total. The highest BCUT2D eigenvalue weighted by molar-refractivity contribution is 5.96. The average Bonchev–Trinajstić information content (AvgIpc) is 4.05. The highest BCUT2D eigenvalue weighted by atomic mass is 16.6. The minimum atomic E-state index is -0.534. The summed E-state index contributed by atoms with van der Waals surface area (Å²) in [5, 5.41) is 13.4. The van der Waals surface area contributed by atoms with Crippen LogP contribution in [0, 0.1) is 0 Å². The monoisotopic (exact) mass is 948 g/mol. The third-order valence-corrected chi connectivity index (χ3v) is 12.7. The zero-order valence-electron chi connectivity index (χ0n) is 40.4. The first-order valence-corrected chi connectivity index (χ1v) is 24.4. The molecular weight excluding hydrogens is 883 g/mol. The summed E-state index contributed by atoms with van der Waals surface area (Å²) in [6.45, 7) is 16.1.